The lowest BCUT2D eigenvalue weighted by Crippen LogP contribution is -2.40. The Hall–Kier alpha value is -1.75. The maximum Gasteiger partial charge on any atom is 0.196 e. The van der Waals surface area contributed by atoms with E-state index in [4.69, 9.17) is 9.73 Å². The SMILES string of the molecule is Oc1ccccc1NC(=NCC1CCCO1)NC1CCCCC1. The fourth-order valence-electron chi connectivity index (χ4n) is 3.25. The van der Waals surface area contributed by atoms with Gasteiger partial charge in [0.1, 0.15) is 5.75 Å². The smallest absolute Gasteiger partial charge is 0.196 e. The van der Waals surface area contributed by atoms with Gasteiger partial charge in [0.2, 0.25) is 0 Å². The number of guanidine groups is 1. The predicted octanol–water partition coefficient (Wildman–Crippen LogP) is 3.26. The van der Waals surface area contributed by atoms with Gasteiger partial charge in [0, 0.05) is 12.6 Å². The first kappa shape index (κ1) is 16.1. The summed E-state index contributed by atoms with van der Waals surface area (Å²) in [5.74, 6) is 0.983. The number of rotatable bonds is 4. The van der Waals surface area contributed by atoms with Crippen molar-refractivity contribution >= 4 is 11.6 Å². The molecule has 1 saturated carbocycles. The molecule has 1 aliphatic carbocycles. The molecule has 3 N–H and O–H groups in total. The van der Waals surface area contributed by atoms with Crippen molar-refractivity contribution in [3.05, 3.63) is 24.3 Å². The second-order valence-electron chi connectivity index (χ2n) is 6.45. The molecule has 0 radical (unpaired) electrons. The molecule has 23 heavy (non-hydrogen) atoms. The summed E-state index contributed by atoms with van der Waals surface area (Å²) in [5, 5.41) is 16.8. The van der Waals surface area contributed by atoms with Crippen LogP contribution in [0.2, 0.25) is 0 Å². The van der Waals surface area contributed by atoms with Crippen LogP contribution >= 0.6 is 0 Å². The third kappa shape index (κ3) is 4.86. The summed E-state index contributed by atoms with van der Waals surface area (Å²) in [4.78, 5) is 4.69. The van der Waals surface area contributed by atoms with Crippen LogP contribution in [-0.4, -0.2) is 36.4 Å². The third-order valence-electron chi connectivity index (χ3n) is 4.58. The Morgan fingerprint density at radius 1 is 1.13 bits per heavy atom. The lowest BCUT2D eigenvalue weighted by Gasteiger charge is -2.25. The molecule has 1 aromatic carbocycles. The highest BCUT2D eigenvalue weighted by Gasteiger charge is 2.18. The van der Waals surface area contributed by atoms with E-state index in [0.717, 1.165) is 25.4 Å². The van der Waals surface area contributed by atoms with Gasteiger partial charge in [0.15, 0.2) is 5.96 Å². The molecule has 1 unspecified atom stereocenters. The summed E-state index contributed by atoms with van der Waals surface area (Å²) in [7, 11) is 0. The molecule has 126 valence electrons. The number of aliphatic imine (C=N–C) groups is 1. The topological polar surface area (TPSA) is 65.9 Å². The summed E-state index contributed by atoms with van der Waals surface area (Å²) >= 11 is 0. The maximum atomic E-state index is 9.98. The Balaban J connectivity index is 1.66. The van der Waals surface area contributed by atoms with Crippen LogP contribution in [0, 0.1) is 0 Å². The van der Waals surface area contributed by atoms with Gasteiger partial charge >= 0.3 is 0 Å². The largest absolute Gasteiger partial charge is 0.506 e. The summed E-state index contributed by atoms with van der Waals surface area (Å²) in [6.45, 7) is 1.51. The molecule has 1 aromatic rings. The molecule has 0 bridgehead atoms. The highest BCUT2D eigenvalue weighted by Crippen LogP contribution is 2.22. The van der Waals surface area contributed by atoms with Crippen LogP contribution in [0.25, 0.3) is 0 Å². The van der Waals surface area contributed by atoms with Crippen molar-refractivity contribution in [3.63, 3.8) is 0 Å². The van der Waals surface area contributed by atoms with E-state index in [1.54, 1.807) is 6.07 Å². The molecule has 1 heterocycles. The highest BCUT2D eigenvalue weighted by atomic mass is 16.5. The quantitative estimate of drug-likeness (QED) is 0.453. The fraction of sp³-hybridized carbons (Fsp3) is 0.611. The first-order valence-corrected chi connectivity index (χ1v) is 8.79. The molecule has 1 atom stereocenters. The Labute approximate surface area is 138 Å². The Morgan fingerprint density at radius 3 is 2.70 bits per heavy atom. The van der Waals surface area contributed by atoms with E-state index in [2.05, 4.69) is 10.6 Å². The van der Waals surface area contributed by atoms with Crippen LogP contribution in [0.5, 0.6) is 5.75 Å². The summed E-state index contributed by atoms with van der Waals surface area (Å²) in [6, 6.07) is 7.73. The van der Waals surface area contributed by atoms with E-state index in [1.165, 1.54) is 32.1 Å². The molecular weight excluding hydrogens is 290 g/mol. The van der Waals surface area contributed by atoms with E-state index in [0.29, 0.717) is 18.3 Å². The van der Waals surface area contributed by atoms with Crippen LogP contribution in [-0.2, 0) is 4.74 Å². The molecule has 3 rings (SSSR count). The molecule has 1 aliphatic heterocycles. The van der Waals surface area contributed by atoms with Gasteiger partial charge in [-0.2, -0.15) is 0 Å². The first-order valence-electron chi connectivity index (χ1n) is 8.79. The number of nitrogens with one attached hydrogen (secondary N) is 2. The molecule has 0 spiro atoms. The monoisotopic (exact) mass is 317 g/mol. The van der Waals surface area contributed by atoms with Crippen molar-refractivity contribution in [1.29, 1.82) is 0 Å². The zero-order valence-corrected chi connectivity index (χ0v) is 13.6. The number of nitrogens with zero attached hydrogens (tertiary/aromatic N) is 1. The van der Waals surface area contributed by atoms with E-state index < -0.39 is 0 Å². The van der Waals surface area contributed by atoms with Crippen molar-refractivity contribution in [1.82, 2.24) is 5.32 Å². The maximum absolute atomic E-state index is 9.98. The van der Waals surface area contributed by atoms with Crippen LogP contribution in [0.3, 0.4) is 0 Å². The van der Waals surface area contributed by atoms with Crippen LogP contribution in [0.4, 0.5) is 5.69 Å². The van der Waals surface area contributed by atoms with Crippen LogP contribution in [0.15, 0.2) is 29.3 Å². The van der Waals surface area contributed by atoms with Crippen molar-refractivity contribution in [2.45, 2.75) is 57.1 Å². The predicted molar refractivity (Wildman–Crippen MR) is 93.0 cm³/mol. The Kier molecular flexibility index (Phi) is 5.75. The molecule has 0 aromatic heterocycles. The molecule has 5 nitrogen and oxygen atoms in total. The van der Waals surface area contributed by atoms with Crippen LogP contribution in [0.1, 0.15) is 44.9 Å². The van der Waals surface area contributed by atoms with Gasteiger partial charge in [-0.1, -0.05) is 31.4 Å². The van der Waals surface area contributed by atoms with Gasteiger partial charge in [-0.25, -0.2) is 0 Å². The van der Waals surface area contributed by atoms with Gasteiger partial charge in [0.25, 0.3) is 0 Å². The third-order valence-corrected chi connectivity index (χ3v) is 4.58. The fourth-order valence-corrected chi connectivity index (χ4v) is 3.25. The zero-order chi connectivity index (χ0) is 15.9. The lowest BCUT2D eigenvalue weighted by molar-refractivity contribution is 0.117. The van der Waals surface area contributed by atoms with E-state index in [-0.39, 0.29) is 11.9 Å². The number of benzene rings is 1. The average Bonchev–Trinajstić information content (AvgIpc) is 3.09. The lowest BCUT2D eigenvalue weighted by atomic mass is 9.96. The number of para-hydroxylation sites is 2. The molecule has 5 heteroatoms. The Bertz CT molecular complexity index is 521. The van der Waals surface area contributed by atoms with E-state index in [9.17, 15) is 5.11 Å². The number of phenolic OH excluding ortho intramolecular Hbond substituents is 1. The Morgan fingerprint density at radius 2 is 1.96 bits per heavy atom. The second-order valence-corrected chi connectivity index (χ2v) is 6.45. The van der Waals surface area contributed by atoms with E-state index >= 15 is 0 Å². The number of phenols is 1. The summed E-state index contributed by atoms with van der Waals surface area (Å²) < 4.78 is 5.66. The number of ether oxygens (including phenoxy) is 1. The number of aromatic hydroxyl groups is 1. The number of hydrogen-bond donors (Lipinski definition) is 3. The normalized spacial score (nSPS) is 23.0. The van der Waals surface area contributed by atoms with E-state index in [1.807, 2.05) is 18.2 Å². The standard InChI is InChI=1S/C18H27N3O2/c22-17-11-5-4-10-16(17)21-18(19-13-15-9-6-12-23-15)20-14-7-2-1-3-8-14/h4-5,10-11,14-15,22H,1-3,6-9,12-13H2,(H2,19,20,21). The minimum atomic E-state index is 0.226. The minimum absolute atomic E-state index is 0.226. The summed E-state index contributed by atoms with van der Waals surface area (Å²) in [6.07, 6.45) is 8.66. The first-order chi connectivity index (χ1) is 11.3. The van der Waals surface area contributed by atoms with Gasteiger partial charge in [0.05, 0.1) is 18.3 Å². The van der Waals surface area contributed by atoms with Gasteiger partial charge in [-0.15, -0.1) is 0 Å². The molecule has 2 aliphatic rings. The van der Waals surface area contributed by atoms with Gasteiger partial charge in [-0.3, -0.25) is 4.99 Å². The van der Waals surface area contributed by atoms with Crippen molar-refractivity contribution in [2.24, 2.45) is 4.99 Å². The molecule has 0 amide bonds. The minimum Gasteiger partial charge on any atom is -0.506 e. The van der Waals surface area contributed by atoms with Gasteiger partial charge < -0.3 is 20.5 Å². The van der Waals surface area contributed by atoms with Crippen molar-refractivity contribution in [2.75, 3.05) is 18.5 Å². The number of hydrogen-bond acceptors (Lipinski definition) is 3. The summed E-state index contributed by atoms with van der Waals surface area (Å²) in [5.41, 5.74) is 0.682. The number of anilines is 1. The highest BCUT2D eigenvalue weighted by molar-refractivity contribution is 5.95. The van der Waals surface area contributed by atoms with Crippen molar-refractivity contribution < 1.29 is 9.84 Å². The second kappa shape index (κ2) is 8.20. The molecular formula is C18H27N3O2. The average molecular weight is 317 g/mol. The van der Waals surface area contributed by atoms with Gasteiger partial charge in [-0.05, 0) is 37.8 Å². The van der Waals surface area contributed by atoms with Crippen LogP contribution < -0.4 is 10.6 Å². The van der Waals surface area contributed by atoms with Crippen molar-refractivity contribution in [3.8, 4) is 5.75 Å². The molecule has 2 fully saturated rings. The molecule has 1 saturated heterocycles. The zero-order valence-electron chi connectivity index (χ0n) is 13.6.